The highest BCUT2D eigenvalue weighted by Crippen LogP contribution is 2.11. The van der Waals surface area contributed by atoms with Crippen LogP contribution in [0.25, 0.3) is 0 Å². The van der Waals surface area contributed by atoms with E-state index >= 15 is 0 Å². The third-order valence-electron chi connectivity index (χ3n) is 2.51. The molecule has 0 saturated carbocycles. The van der Waals surface area contributed by atoms with Gasteiger partial charge in [0.15, 0.2) is 0 Å². The third-order valence-corrected chi connectivity index (χ3v) is 2.51. The van der Waals surface area contributed by atoms with Crippen molar-refractivity contribution < 1.29 is 13.9 Å². The van der Waals surface area contributed by atoms with Crippen LogP contribution < -0.4 is 10.6 Å². The Kier molecular flexibility index (Phi) is 6.31. The molecular formula is C15H24N2O3. The fourth-order valence-corrected chi connectivity index (χ4v) is 1.51. The molecule has 0 aliphatic heterocycles. The van der Waals surface area contributed by atoms with Crippen molar-refractivity contribution in [3.63, 3.8) is 0 Å². The molecule has 0 fully saturated rings. The highest BCUT2D eigenvalue weighted by molar-refractivity contribution is 5.67. The first kappa shape index (κ1) is 16.3. The lowest BCUT2D eigenvalue weighted by Gasteiger charge is -2.19. The number of amides is 1. The van der Waals surface area contributed by atoms with Crippen LogP contribution in [0.2, 0.25) is 0 Å². The Morgan fingerprint density at radius 1 is 1.40 bits per heavy atom. The molecule has 20 heavy (non-hydrogen) atoms. The molecule has 0 aliphatic rings. The summed E-state index contributed by atoms with van der Waals surface area (Å²) in [4.78, 5) is 11.4. The fourth-order valence-electron chi connectivity index (χ4n) is 1.51. The maximum atomic E-state index is 11.4. The first-order chi connectivity index (χ1) is 9.38. The average molecular weight is 280 g/mol. The average Bonchev–Trinajstić information content (AvgIpc) is 2.84. The van der Waals surface area contributed by atoms with Gasteiger partial charge in [0.2, 0.25) is 0 Å². The lowest BCUT2D eigenvalue weighted by atomic mass is 10.2. The van der Waals surface area contributed by atoms with Crippen LogP contribution in [0.5, 0.6) is 0 Å². The van der Waals surface area contributed by atoms with Crippen LogP contribution >= 0.6 is 0 Å². The van der Waals surface area contributed by atoms with Gasteiger partial charge in [0, 0.05) is 24.7 Å². The molecule has 0 aliphatic carbocycles. The lowest BCUT2D eigenvalue weighted by molar-refractivity contribution is 0.0534. The molecule has 112 valence electrons. The Labute approximate surface area is 120 Å². The largest absolute Gasteiger partial charge is 0.472 e. The SMILES string of the molecule is CC(NC/C=C/CNC(=O)OC(C)(C)C)c1ccoc1. The van der Waals surface area contributed by atoms with Crippen molar-refractivity contribution in [1.82, 2.24) is 10.6 Å². The molecule has 1 amide bonds. The van der Waals surface area contributed by atoms with Crippen LogP contribution in [0.3, 0.4) is 0 Å². The zero-order valence-corrected chi connectivity index (χ0v) is 12.6. The summed E-state index contributed by atoms with van der Waals surface area (Å²) in [7, 11) is 0. The number of hydrogen-bond donors (Lipinski definition) is 2. The molecule has 1 unspecified atom stereocenters. The molecule has 0 aromatic carbocycles. The van der Waals surface area contributed by atoms with Gasteiger partial charge in [0.25, 0.3) is 0 Å². The molecule has 0 radical (unpaired) electrons. The molecule has 5 heteroatoms. The van der Waals surface area contributed by atoms with Crippen molar-refractivity contribution in [2.75, 3.05) is 13.1 Å². The third kappa shape index (κ3) is 6.99. The van der Waals surface area contributed by atoms with Gasteiger partial charge in [-0.05, 0) is 33.8 Å². The van der Waals surface area contributed by atoms with Crippen molar-refractivity contribution in [3.8, 4) is 0 Å². The predicted molar refractivity (Wildman–Crippen MR) is 78.5 cm³/mol. The Hall–Kier alpha value is -1.75. The second-order valence-electron chi connectivity index (χ2n) is 5.54. The predicted octanol–water partition coefficient (Wildman–Crippen LogP) is 3.01. The van der Waals surface area contributed by atoms with Gasteiger partial charge in [-0.1, -0.05) is 12.2 Å². The minimum Gasteiger partial charge on any atom is -0.472 e. The van der Waals surface area contributed by atoms with Crippen LogP contribution in [0.15, 0.2) is 35.2 Å². The number of carbonyl (C=O) groups excluding carboxylic acids is 1. The maximum Gasteiger partial charge on any atom is 0.407 e. The number of ether oxygens (including phenoxy) is 1. The van der Waals surface area contributed by atoms with Gasteiger partial charge in [-0.25, -0.2) is 4.79 Å². The minimum atomic E-state index is -0.463. The summed E-state index contributed by atoms with van der Waals surface area (Å²) >= 11 is 0. The maximum absolute atomic E-state index is 11.4. The summed E-state index contributed by atoms with van der Waals surface area (Å²) in [5.74, 6) is 0. The molecule has 1 atom stereocenters. The molecule has 1 aromatic heterocycles. The smallest absolute Gasteiger partial charge is 0.407 e. The van der Waals surface area contributed by atoms with Gasteiger partial charge in [0.1, 0.15) is 5.60 Å². The molecule has 1 heterocycles. The van der Waals surface area contributed by atoms with E-state index in [0.29, 0.717) is 6.54 Å². The Balaban J connectivity index is 2.12. The first-order valence-corrected chi connectivity index (χ1v) is 6.76. The van der Waals surface area contributed by atoms with E-state index in [4.69, 9.17) is 9.15 Å². The zero-order valence-electron chi connectivity index (χ0n) is 12.6. The minimum absolute atomic E-state index is 0.234. The van der Waals surface area contributed by atoms with Crippen molar-refractivity contribution in [2.24, 2.45) is 0 Å². The van der Waals surface area contributed by atoms with E-state index in [1.807, 2.05) is 39.0 Å². The summed E-state index contributed by atoms with van der Waals surface area (Å²) in [6.45, 7) is 8.76. The van der Waals surface area contributed by atoms with E-state index < -0.39 is 11.7 Å². The van der Waals surface area contributed by atoms with Crippen LogP contribution in [0.1, 0.15) is 39.3 Å². The number of alkyl carbamates (subject to hydrolysis) is 1. The van der Waals surface area contributed by atoms with Gasteiger partial charge < -0.3 is 19.8 Å². The Bertz CT molecular complexity index is 419. The van der Waals surface area contributed by atoms with Crippen molar-refractivity contribution >= 4 is 6.09 Å². The molecule has 0 saturated heterocycles. The van der Waals surface area contributed by atoms with Gasteiger partial charge >= 0.3 is 6.09 Å². The summed E-state index contributed by atoms with van der Waals surface area (Å²) in [5, 5.41) is 5.98. The number of nitrogens with one attached hydrogen (secondary N) is 2. The highest BCUT2D eigenvalue weighted by atomic mass is 16.6. The number of furan rings is 1. The topological polar surface area (TPSA) is 63.5 Å². The molecule has 0 bridgehead atoms. The summed E-state index contributed by atoms with van der Waals surface area (Å²) < 4.78 is 10.1. The van der Waals surface area contributed by atoms with E-state index in [2.05, 4.69) is 17.6 Å². The molecule has 1 rings (SSSR count). The van der Waals surface area contributed by atoms with E-state index in [1.54, 1.807) is 12.5 Å². The van der Waals surface area contributed by atoms with Crippen molar-refractivity contribution in [3.05, 3.63) is 36.3 Å². The number of hydrogen-bond acceptors (Lipinski definition) is 4. The second kappa shape index (κ2) is 7.75. The molecular weight excluding hydrogens is 256 g/mol. The summed E-state index contributed by atoms with van der Waals surface area (Å²) in [5.41, 5.74) is 0.653. The lowest BCUT2D eigenvalue weighted by Crippen LogP contribution is -2.32. The Morgan fingerprint density at radius 2 is 2.10 bits per heavy atom. The van der Waals surface area contributed by atoms with E-state index in [9.17, 15) is 4.79 Å². The van der Waals surface area contributed by atoms with Crippen LogP contribution in [0, 0.1) is 0 Å². The Morgan fingerprint density at radius 3 is 2.70 bits per heavy atom. The van der Waals surface area contributed by atoms with Crippen LogP contribution in [-0.2, 0) is 4.74 Å². The highest BCUT2D eigenvalue weighted by Gasteiger charge is 2.14. The van der Waals surface area contributed by atoms with E-state index in [1.165, 1.54) is 0 Å². The van der Waals surface area contributed by atoms with Crippen LogP contribution in [-0.4, -0.2) is 24.8 Å². The van der Waals surface area contributed by atoms with Gasteiger partial charge in [0.05, 0.1) is 12.5 Å². The van der Waals surface area contributed by atoms with Gasteiger partial charge in [-0.15, -0.1) is 0 Å². The fraction of sp³-hybridized carbons (Fsp3) is 0.533. The van der Waals surface area contributed by atoms with Gasteiger partial charge in [-0.3, -0.25) is 0 Å². The number of rotatable bonds is 6. The molecule has 0 spiro atoms. The standard InChI is InChI=1S/C15H24N2O3/c1-12(13-7-10-19-11-13)16-8-5-6-9-17-14(18)20-15(2,3)4/h5-7,10-12,16H,8-9H2,1-4H3,(H,17,18)/b6-5+. The first-order valence-electron chi connectivity index (χ1n) is 6.76. The zero-order chi connectivity index (χ0) is 15.0. The molecule has 1 aromatic rings. The summed E-state index contributed by atoms with van der Waals surface area (Å²) in [6, 6.07) is 2.17. The van der Waals surface area contributed by atoms with E-state index in [-0.39, 0.29) is 6.04 Å². The van der Waals surface area contributed by atoms with Crippen molar-refractivity contribution in [2.45, 2.75) is 39.3 Å². The quantitative estimate of drug-likeness (QED) is 0.786. The molecule has 2 N–H and O–H groups in total. The van der Waals surface area contributed by atoms with Crippen LogP contribution in [0.4, 0.5) is 4.79 Å². The van der Waals surface area contributed by atoms with E-state index in [0.717, 1.165) is 12.1 Å². The van der Waals surface area contributed by atoms with Gasteiger partial charge in [-0.2, -0.15) is 0 Å². The molecule has 5 nitrogen and oxygen atoms in total. The van der Waals surface area contributed by atoms with Crippen molar-refractivity contribution in [1.29, 1.82) is 0 Å². The normalized spacial score (nSPS) is 13.4. The monoisotopic (exact) mass is 280 g/mol. The number of carbonyl (C=O) groups is 1. The summed E-state index contributed by atoms with van der Waals surface area (Å²) in [6.07, 6.45) is 6.84. The second-order valence-corrected chi connectivity index (χ2v) is 5.54.